The number of non-ortho nitro benzene ring substituents is 2. The average Bonchev–Trinajstić information content (AvgIpc) is 2.90. The summed E-state index contributed by atoms with van der Waals surface area (Å²) >= 11 is 0. The summed E-state index contributed by atoms with van der Waals surface area (Å²) in [5.74, 6) is 0. The van der Waals surface area contributed by atoms with E-state index in [9.17, 15) is 40.5 Å². The van der Waals surface area contributed by atoms with E-state index in [2.05, 4.69) is 6.42 Å². The fourth-order valence-corrected chi connectivity index (χ4v) is 2.59. The molecular weight excluding hydrogens is 340 g/mol. The van der Waals surface area contributed by atoms with Gasteiger partial charge in [0.2, 0.25) is 0 Å². The second-order valence-electron chi connectivity index (χ2n) is 4.93. The topological polar surface area (TPSA) is 173 Å². The first-order chi connectivity index (χ1) is 11.7. The van der Waals surface area contributed by atoms with Gasteiger partial charge in [-0.3, -0.25) is 40.5 Å². The standard InChI is InChI=1S/C13H4N4O8/c18-14(19)8-2-6-1-7-3-9(15(20)21)5-11(17(24)25)13(7)12(6)10(4-8)16(22)23/h2-5H. The van der Waals surface area contributed by atoms with Crippen LogP contribution in [0.2, 0.25) is 0 Å². The van der Waals surface area contributed by atoms with Gasteiger partial charge >= 0.3 is 0 Å². The van der Waals surface area contributed by atoms with E-state index in [1.807, 2.05) is 0 Å². The molecule has 1 aliphatic carbocycles. The van der Waals surface area contributed by atoms with Crippen LogP contribution in [0.1, 0.15) is 11.1 Å². The van der Waals surface area contributed by atoms with Crippen LogP contribution in [0.15, 0.2) is 24.3 Å². The maximum Gasteiger partial charge on any atom is 0.284 e. The van der Waals surface area contributed by atoms with E-state index in [4.69, 9.17) is 0 Å². The Bertz CT molecular complexity index is 921. The zero-order chi connectivity index (χ0) is 18.5. The molecule has 0 amide bonds. The second-order valence-corrected chi connectivity index (χ2v) is 4.93. The lowest BCUT2D eigenvalue weighted by Crippen LogP contribution is -1.99. The third kappa shape index (κ3) is 2.41. The minimum absolute atomic E-state index is 0.112. The number of benzene rings is 2. The lowest BCUT2D eigenvalue weighted by molar-refractivity contribution is -0.395. The quantitative estimate of drug-likeness (QED) is 0.513. The Balaban J connectivity index is 2.39. The fourth-order valence-electron chi connectivity index (χ4n) is 2.59. The summed E-state index contributed by atoms with van der Waals surface area (Å²) in [5.41, 5.74) is -3.30. The lowest BCUT2D eigenvalue weighted by atomic mass is 10.0. The van der Waals surface area contributed by atoms with Crippen molar-refractivity contribution < 1.29 is 19.7 Å². The predicted octanol–water partition coefficient (Wildman–Crippen LogP) is 2.78. The van der Waals surface area contributed by atoms with E-state index in [-0.39, 0.29) is 22.3 Å². The van der Waals surface area contributed by atoms with Crippen LogP contribution in [-0.4, -0.2) is 19.7 Å². The van der Waals surface area contributed by atoms with Crippen molar-refractivity contribution in [3.8, 4) is 11.1 Å². The molecule has 0 N–H and O–H groups in total. The molecule has 0 saturated carbocycles. The zero-order valence-electron chi connectivity index (χ0n) is 11.9. The Labute approximate surface area is 136 Å². The molecular formula is C13H4N4O8. The van der Waals surface area contributed by atoms with Crippen LogP contribution < -0.4 is 0 Å². The molecule has 0 aliphatic heterocycles. The number of nitrogens with zero attached hydrogens (tertiary/aromatic N) is 4. The normalized spacial score (nSPS) is 11.5. The van der Waals surface area contributed by atoms with Crippen LogP contribution in [0.25, 0.3) is 11.1 Å². The third-order valence-corrected chi connectivity index (χ3v) is 3.54. The highest BCUT2D eigenvalue weighted by Gasteiger charge is 2.38. The summed E-state index contributed by atoms with van der Waals surface area (Å²) in [6, 6.07) is 3.30. The van der Waals surface area contributed by atoms with Gasteiger partial charge < -0.3 is 0 Å². The van der Waals surface area contributed by atoms with Crippen molar-refractivity contribution >= 4 is 22.7 Å². The molecule has 0 unspecified atom stereocenters. The van der Waals surface area contributed by atoms with Crippen molar-refractivity contribution in [2.24, 2.45) is 0 Å². The van der Waals surface area contributed by atoms with Gasteiger partial charge in [-0.15, -0.1) is 0 Å². The van der Waals surface area contributed by atoms with Gasteiger partial charge in [0.05, 0.1) is 49.4 Å². The minimum Gasteiger partial charge on any atom is -0.258 e. The lowest BCUT2D eigenvalue weighted by Gasteiger charge is -2.04. The van der Waals surface area contributed by atoms with Crippen LogP contribution in [0.4, 0.5) is 22.7 Å². The minimum atomic E-state index is -0.909. The third-order valence-electron chi connectivity index (χ3n) is 3.54. The van der Waals surface area contributed by atoms with E-state index in [1.165, 1.54) is 0 Å². The molecule has 0 bridgehead atoms. The number of fused-ring (bicyclic) bond motifs is 3. The summed E-state index contributed by atoms with van der Waals surface area (Å²) in [6.45, 7) is 0. The van der Waals surface area contributed by atoms with Crippen LogP contribution in [0.5, 0.6) is 0 Å². The molecule has 0 aromatic heterocycles. The fraction of sp³-hybridized carbons (Fsp3) is 0. The van der Waals surface area contributed by atoms with Crippen LogP contribution in [0, 0.1) is 46.9 Å². The highest BCUT2D eigenvalue weighted by Crippen LogP contribution is 2.50. The maximum absolute atomic E-state index is 11.3. The summed E-state index contributed by atoms with van der Waals surface area (Å²) < 4.78 is 0. The summed E-state index contributed by atoms with van der Waals surface area (Å²) in [6.07, 6.45) is 2.54. The maximum atomic E-state index is 11.3. The van der Waals surface area contributed by atoms with Crippen LogP contribution in [-0.2, 0) is 0 Å². The Morgan fingerprint density at radius 3 is 1.24 bits per heavy atom. The first kappa shape index (κ1) is 15.9. The molecule has 0 atom stereocenters. The highest BCUT2D eigenvalue weighted by molar-refractivity contribution is 5.94. The van der Waals surface area contributed by atoms with Crippen LogP contribution >= 0.6 is 0 Å². The van der Waals surface area contributed by atoms with Crippen LogP contribution in [0.3, 0.4) is 0 Å². The molecule has 0 saturated heterocycles. The monoisotopic (exact) mass is 344 g/mol. The van der Waals surface area contributed by atoms with Gasteiger partial charge in [0.1, 0.15) is 0 Å². The smallest absolute Gasteiger partial charge is 0.258 e. The molecule has 2 aromatic carbocycles. The van der Waals surface area contributed by atoms with Crippen molar-refractivity contribution in [3.63, 3.8) is 0 Å². The van der Waals surface area contributed by atoms with Gasteiger partial charge in [-0.25, -0.2) is 0 Å². The molecule has 12 nitrogen and oxygen atoms in total. The molecule has 0 spiro atoms. The second kappa shape index (κ2) is 5.30. The summed E-state index contributed by atoms with van der Waals surface area (Å²) in [4.78, 5) is 40.9. The Hall–Kier alpha value is -3.96. The van der Waals surface area contributed by atoms with Crippen molar-refractivity contribution in [3.05, 3.63) is 82.3 Å². The molecule has 2 aromatic rings. The first-order valence-electron chi connectivity index (χ1n) is 6.41. The van der Waals surface area contributed by atoms with Crippen molar-refractivity contribution in [1.82, 2.24) is 0 Å². The number of rotatable bonds is 4. The SMILES string of the molecule is O=[N+]([O-])c1cc2c(c([N+](=O)[O-])c1)-c1c(cc([N+](=O)[O-])cc1[N+](=O)[O-])[C]2. The van der Waals surface area contributed by atoms with E-state index < -0.39 is 42.4 Å². The van der Waals surface area contributed by atoms with Gasteiger partial charge in [0.15, 0.2) is 0 Å². The van der Waals surface area contributed by atoms with E-state index in [0.29, 0.717) is 12.1 Å². The summed E-state index contributed by atoms with van der Waals surface area (Å²) in [7, 11) is 0. The van der Waals surface area contributed by atoms with Gasteiger partial charge in [-0.1, -0.05) is 0 Å². The average molecular weight is 344 g/mol. The van der Waals surface area contributed by atoms with Gasteiger partial charge in [-0.05, 0) is 11.1 Å². The molecule has 2 radical (unpaired) electrons. The molecule has 124 valence electrons. The van der Waals surface area contributed by atoms with Gasteiger partial charge in [-0.2, -0.15) is 0 Å². The number of hydrogen-bond acceptors (Lipinski definition) is 8. The molecule has 25 heavy (non-hydrogen) atoms. The molecule has 12 heteroatoms. The van der Waals surface area contributed by atoms with E-state index >= 15 is 0 Å². The van der Waals surface area contributed by atoms with E-state index in [0.717, 1.165) is 12.1 Å². The zero-order valence-corrected chi connectivity index (χ0v) is 11.9. The van der Waals surface area contributed by atoms with Gasteiger partial charge in [0.25, 0.3) is 22.7 Å². The predicted molar refractivity (Wildman–Crippen MR) is 79.9 cm³/mol. The Kier molecular flexibility index (Phi) is 3.37. The molecule has 0 fully saturated rings. The number of hydrogen-bond donors (Lipinski definition) is 0. The van der Waals surface area contributed by atoms with Crippen molar-refractivity contribution in [1.29, 1.82) is 0 Å². The Morgan fingerprint density at radius 2 is 0.960 bits per heavy atom. The van der Waals surface area contributed by atoms with Crippen molar-refractivity contribution in [2.75, 3.05) is 0 Å². The van der Waals surface area contributed by atoms with E-state index in [1.54, 1.807) is 0 Å². The highest BCUT2D eigenvalue weighted by atomic mass is 16.6. The number of nitro groups is 4. The largest absolute Gasteiger partial charge is 0.284 e. The summed E-state index contributed by atoms with van der Waals surface area (Å²) in [5, 5.41) is 44.4. The molecule has 0 heterocycles. The molecule has 3 rings (SSSR count). The van der Waals surface area contributed by atoms with Crippen molar-refractivity contribution in [2.45, 2.75) is 0 Å². The molecule has 1 aliphatic rings. The Morgan fingerprint density at radius 1 is 0.600 bits per heavy atom. The first-order valence-corrected chi connectivity index (χ1v) is 6.41. The van der Waals surface area contributed by atoms with Gasteiger partial charge in [0, 0.05) is 12.1 Å². The number of nitro benzene ring substituents is 4.